The molecule has 0 bridgehead atoms. The molecule has 1 aliphatic rings. The van der Waals surface area contributed by atoms with E-state index >= 15 is 0 Å². The van der Waals surface area contributed by atoms with E-state index in [-0.39, 0.29) is 6.61 Å². The molecule has 1 saturated carbocycles. The summed E-state index contributed by atoms with van der Waals surface area (Å²) in [4.78, 5) is 0. The van der Waals surface area contributed by atoms with Crippen LogP contribution in [-0.4, -0.2) is 6.61 Å². The van der Waals surface area contributed by atoms with Gasteiger partial charge in [0.25, 0.3) is 0 Å². The third kappa shape index (κ3) is 2.82. The maximum absolute atomic E-state index is 10.5. The molecule has 1 rings (SSSR count). The van der Waals surface area contributed by atoms with Crippen molar-refractivity contribution in [3.8, 4) is 0 Å². The van der Waals surface area contributed by atoms with Crippen molar-refractivity contribution < 1.29 is 5.11 Å². The lowest BCUT2D eigenvalue weighted by atomic mass is 9.80. The van der Waals surface area contributed by atoms with E-state index < -0.39 is 0 Å². The van der Waals surface area contributed by atoms with Gasteiger partial charge in [0.2, 0.25) is 0 Å². The van der Waals surface area contributed by atoms with Gasteiger partial charge in [-0.25, -0.2) is 0 Å². The van der Waals surface area contributed by atoms with Crippen LogP contribution in [-0.2, 0) is 0 Å². The Balaban J connectivity index is 2.14. The second-order valence-electron chi connectivity index (χ2n) is 3.84. The average Bonchev–Trinajstić information content (AvgIpc) is 2.07. The van der Waals surface area contributed by atoms with Gasteiger partial charge in [0, 0.05) is 0 Å². The summed E-state index contributed by atoms with van der Waals surface area (Å²) in [6.07, 6.45) is 7.74. The summed E-state index contributed by atoms with van der Waals surface area (Å²) in [5.41, 5.74) is 0. The molecule has 11 heavy (non-hydrogen) atoms. The van der Waals surface area contributed by atoms with Crippen LogP contribution in [0.1, 0.15) is 45.4 Å². The first-order valence-electron chi connectivity index (χ1n) is 4.95. The normalized spacial score (nSPS) is 32.2. The zero-order valence-corrected chi connectivity index (χ0v) is 7.51. The molecule has 0 atom stereocenters. The van der Waals surface area contributed by atoms with Crippen LogP contribution in [0.3, 0.4) is 0 Å². The molecule has 0 N–H and O–H groups in total. The number of rotatable bonds is 3. The van der Waals surface area contributed by atoms with Crippen LogP contribution in [0.25, 0.3) is 0 Å². The minimum absolute atomic E-state index is 0.166. The van der Waals surface area contributed by atoms with E-state index in [1.807, 2.05) is 0 Å². The van der Waals surface area contributed by atoms with E-state index in [2.05, 4.69) is 6.92 Å². The van der Waals surface area contributed by atoms with Crippen molar-refractivity contribution in [1.82, 2.24) is 0 Å². The Morgan fingerprint density at radius 1 is 1.09 bits per heavy atom. The van der Waals surface area contributed by atoms with Gasteiger partial charge >= 0.3 is 0 Å². The summed E-state index contributed by atoms with van der Waals surface area (Å²) < 4.78 is 0. The standard InChI is InChI=1S/C10H19O/c1-2-3-9-4-6-10(8-11)7-5-9/h9-10H,2-8H2,1H3/q-1. The molecule has 1 fully saturated rings. The minimum atomic E-state index is 0.166. The minimum Gasteiger partial charge on any atom is -0.854 e. The molecule has 0 unspecified atom stereocenters. The smallest absolute Gasteiger partial charge is 0.0414 e. The molecule has 0 saturated heterocycles. The molecule has 0 radical (unpaired) electrons. The number of hydrogen-bond donors (Lipinski definition) is 0. The molecule has 0 aromatic rings. The van der Waals surface area contributed by atoms with Crippen LogP contribution in [0, 0.1) is 11.8 Å². The summed E-state index contributed by atoms with van der Waals surface area (Å²) >= 11 is 0. The molecule has 1 nitrogen and oxygen atoms in total. The maximum atomic E-state index is 10.5. The highest BCUT2D eigenvalue weighted by molar-refractivity contribution is 4.71. The summed E-state index contributed by atoms with van der Waals surface area (Å²) in [5.74, 6) is 1.46. The van der Waals surface area contributed by atoms with Crippen LogP contribution in [0.4, 0.5) is 0 Å². The molecule has 66 valence electrons. The van der Waals surface area contributed by atoms with Crippen molar-refractivity contribution in [3.63, 3.8) is 0 Å². The van der Waals surface area contributed by atoms with Gasteiger partial charge in [-0.1, -0.05) is 51.4 Å². The Hall–Kier alpha value is -0.0400. The van der Waals surface area contributed by atoms with Gasteiger partial charge in [-0.2, -0.15) is 0 Å². The Kier molecular flexibility index (Phi) is 3.92. The Labute approximate surface area is 69.8 Å². The van der Waals surface area contributed by atoms with Gasteiger partial charge in [0.15, 0.2) is 0 Å². The van der Waals surface area contributed by atoms with Gasteiger partial charge < -0.3 is 5.11 Å². The molecular weight excluding hydrogens is 136 g/mol. The van der Waals surface area contributed by atoms with Gasteiger partial charge in [-0.3, -0.25) is 0 Å². The fourth-order valence-corrected chi connectivity index (χ4v) is 2.10. The first kappa shape index (κ1) is 9.05. The van der Waals surface area contributed by atoms with Crippen LogP contribution in [0.15, 0.2) is 0 Å². The van der Waals surface area contributed by atoms with Gasteiger partial charge in [-0.15, -0.1) is 6.61 Å². The molecule has 0 heterocycles. The van der Waals surface area contributed by atoms with Crippen molar-refractivity contribution in [3.05, 3.63) is 0 Å². The van der Waals surface area contributed by atoms with Crippen molar-refractivity contribution in [1.29, 1.82) is 0 Å². The van der Waals surface area contributed by atoms with E-state index in [0.29, 0.717) is 5.92 Å². The zero-order valence-electron chi connectivity index (χ0n) is 7.51. The van der Waals surface area contributed by atoms with E-state index in [4.69, 9.17) is 0 Å². The fourth-order valence-electron chi connectivity index (χ4n) is 2.10. The van der Waals surface area contributed by atoms with Crippen molar-refractivity contribution in [2.75, 3.05) is 6.61 Å². The van der Waals surface area contributed by atoms with Gasteiger partial charge in [0.1, 0.15) is 0 Å². The summed E-state index contributed by atoms with van der Waals surface area (Å²) in [5, 5.41) is 10.5. The highest BCUT2D eigenvalue weighted by atomic mass is 16.3. The Morgan fingerprint density at radius 2 is 1.64 bits per heavy atom. The van der Waals surface area contributed by atoms with E-state index in [1.54, 1.807) is 0 Å². The molecule has 1 aliphatic carbocycles. The van der Waals surface area contributed by atoms with Gasteiger partial charge in [0.05, 0.1) is 0 Å². The maximum Gasteiger partial charge on any atom is -0.0414 e. The van der Waals surface area contributed by atoms with Crippen LogP contribution in [0.2, 0.25) is 0 Å². The zero-order chi connectivity index (χ0) is 8.10. The molecular formula is C10H19O-. The quantitative estimate of drug-likeness (QED) is 0.611. The van der Waals surface area contributed by atoms with Crippen LogP contribution < -0.4 is 5.11 Å². The molecule has 0 aliphatic heterocycles. The number of hydrogen-bond acceptors (Lipinski definition) is 1. The first-order chi connectivity index (χ1) is 5.36. The summed E-state index contributed by atoms with van der Waals surface area (Å²) in [7, 11) is 0. The third-order valence-corrected chi connectivity index (χ3v) is 2.90. The van der Waals surface area contributed by atoms with Crippen molar-refractivity contribution in [2.24, 2.45) is 11.8 Å². The monoisotopic (exact) mass is 155 g/mol. The third-order valence-electron chi connectivity index (χ3n) is 2.90. The molecule has 0 aromatic carbocycles. The van der Waals surface area contributed by atoms with Crippen LogP contribution in [0.5, 0.6) is 0 Å². The van der Waals surface area contributed by atoms with E-state index in [1.165, 1.54) is 38.5 Å². The lowest BCUT2D eigenvalue weighted by Gasteiger charge is -2.29. The fraction of sp³-hybridized carbons (Fsp3) is 1.00. The SMILES string of the molecule is CCCC1CCC(C[O-])CC1. The largest absolute Gasteiger partial charge is 0.854 e. The lowest BCUT2D eigenvalue weighted by molar-refractivity contribution is -0.380. The highest BCUT2D eigenvalue weighted by Gasteiger charge is 2.17. The molecule has 0 spiro atoms. The highest BCUT2D eigenvalue weighted by Crippen LogP contribution is 2.30. The Bertz CT molecular complexity index is 93.0. The molecule has 0 amide bonds. The van der Waals surface area contributed by atoms with Crippen LogP contribution >= 0.6 is 0 Å². The second-order valence-corrected chi connectivity index (χ2v) is 3.84. The predicted molar refractivity (Wildman–Crippen MR) is 45.2 cm³/mol. The predicted octanol–water partition coefficient (Wildman–Crippen LogP) is 1.95. The van der Waals surface area contributed by atoms with Gasteiger partial charge in [-0.05, 0) is 5.92 Å². The van der Waals surface area contributed by atoms with E-state index in [0.717, 1.165) is 5.92 Å². The average molecular weight is 155 g/mol. The Morgan fingerprint density at radius 3 is 2.09 bits per heavy atom. The first-order valence-corrected chi connectivity index (χ1v) is 4.95. The summed E-state index contributed by atoms with van der Waals surface area (Å²) in [6.45, 7) is 2.42. The van der Waals surface area contributed by atoms with Crippen molar-refractivity contribution >= 4 is 0 Å². The second kappa shape index (κ2) is 4.76. The molecule has 1 heteroatoms. The summed E-state index contributed by atoms with van der Waals surface area (Å²) in [6, 6.07) is 0. The van der Waals surface area contributed by atoms with E-state index in [9.17, 15) is 5.11 Å². The topological polar surface area (TPSA) is 23.1 Å². The lowest BCUT2D eigenvalue weighted by Crippen LogP contribution is -2.23. The molecule has 0 aromatic heterocycles. The van der Waals surface area contributed by atoms with Crippen molar-refractivity contribution in [2.45, 2.75) is 45.4 Å².